The van der Waals surface area contributed by atoms with Crippen LogP contribution in [0.5, 0.6) is 0 Å². The van der Waals surface area contributed by atoms with Crippen molar-refractivity contribution in [3.8, 4) is 0 Å². The first-order valence-corrected chi connectivity index (χ1v) is 7.72. The standard InChI is InChI=1S/C16H24N2O4/c1-2-3-8-13(16(21)22)17-14(19)9-4-6-11-18-12-7-5-10-15(18)20/h5,7,10,12-13H,2-4,6,8-9,11H2,1H3,(H,17,19)(H,21,22). The molecule has 1 rings (SSSR count). The Balaban J connectivity index is 2.29. The number of nitrogens with one attached hydrogen (secondary N) is 1. The molecule has 0 aliphatic rings. The minimum absolute atomic E-state index is 0.0579. The van der Waals surface area contributed by atoms with Gasteiger partial charge < -0.3 is 15.0 Å². The summed E-state index contributed by atoms with van der Waals surface area (Å²) >= 11 is 0. The van der Waals surface area contributed by atoms with Crippen molar-refractivity contribution in [3.05, 3.63) is 34.7 Å². The lowest BCUT2D eigenvalue weighted by atomic mass is 10.1. The van der Waals surface area contributed by atoms with Gasteiger partial charge >= 0.3 is 5.97 Å². The number of hydrogen-bond donors (Lipinski definition) is 2. The van der Waals surface area contributed by atoms with Gasteiger partial charge in [0.15, 0.2) is 0 Å². The molecule has 0 saturated heterocycles. The van der Waals surface area contributed by atoms with E-state index in [0.29, 0.717) is 25.8 Å². The number of carbonyl (C=O) groups is 2. The summed E-state index contributed by atoms with van der Waals surface area (Å²) in [6.45, 7) is 2.54. The number of hydrogen-bond acceptors (Lipinski definition) is 3. The fourth-order valence-electron chi connectivity index (χ4n) is 2.15. The number of amides is 1. The van der Waals surface area contributed by atoms with Crippen molar-refractivity contribution in [2.24, 2.45) is 0 Å². The summed E-state index contributed by atoms with van der Waals surface area (Å²) in [6.07, 6.45) is 5.43. The molecule has 1 aromatic heterocycles. The van der Waals surface area contributed by atoms with Crippen molar-refractivity contribution in [2.45, 2.75) is 58.0 Å². The molecule has 0 radical (unpaired) electrons. The molecule has 22 heavy (non-hydrogen) atoms. The summed E-state index contributed by atoms with van der Waals surface area (Å²) in [5, 5.41) is 11.6. The highest BCUT2D eigenvalue weighted by atomic mass is 16.4. The van der Waals surface area contributed by atoms with E-state index in [1.54, 1.807) is 22.9 Å². The van der Waals surface area contributed by atoms with E-state index in [0.717, 1.165) is 12.8 Å². The highest BCUT2D eigenvalue weighted by molar-refractivity contribution is 5.83. The van der Waals surface area contributed by atoms with Gasteiger partial charge in [-0.25, -0.2) is 4.79 Å². The number of carboxylic acid groups (broad SMARTS) is 1. The number of aryl methyl sites for hydroxylation is 1. The van der Waals surface area contributed by atoms with Gasteiger partial charge in [-0.3, -0.25) is 9.59 Å². The number of pyridine rings is 1. The Labute approximate surface area is 130 Å². The van der Waals surface area contributed by atoms with Crippen molar-refractivity contribution < 1.29 is 14.7 Å². The summed E-state index contributed by atoms with van der Waals surface area (Å²) in [5.41, 5.74) is -0.0579. The Morgan fingerprint density at radius 2 is 2.05 bits per heavy atom. The Morgan fingerprint density at radius 3 is 2.68 bits per heavy atom. The lowest BCUT2D eigenvalue weighted by molar-refractivity contribution is -0.142. The molecule has 1 amide bonds. The van der Waals surface area contributed by atoms with Crippen LogP contribution in [-0.4, -0.2) is 27.6 Å². The molecular weight excluding hydrogens is 284 g/mol. The number of carboxylic acids is 1. The monoisotopic (exact) mass is 308 g/mol. The van der Waals surface area contributed by atoms with Gasteiger partial charge in [-0.2, -0.15) is 0 Å². The largest absolute Gasteiger partial charge is 0.480 e. The molecule has 6 nitrogen and oxygen atoms in total. The van der Waals surface area contributed by atoms with Gasteiger partial charge in [0.1, 0.15) is 6.04 Å². The first kappa shape index (κ1) is 17.9. The number of unbranched alkanes of at least 4 members (excludes halogenated alkanes) is 2. The second kappa shape index (κ2) is 9.76. The number of aromatic nitrogens is 1. The highest BCUT2D eigenvalue weighted by Gasteiger charge is 2.18. The van der Waals surface area contributed by atoms with Crippen molar-refractivity contribution in [1.82, 2.24) is 9.88 Å². The summed E-state index contributed by atoms with van der Waals surface area (Å²) in [6, 6.07) is 4.18. The van der Waals surface area contributed by atoms with Crippen LogP contribution >= 0.6 is 0 Å². The van der Waals surface area contributed by atoms with Crippen LogP contribution < -0.4 is 10.9 Å². The predicted molar refractivity (Wildman–Crippen MR) is 83.6 cm³/mol. The molecule has 1 aromatic rings. The molecule has 1 unspecified atom stereocenters. The molecule has 1 heterocycles. The molecule has 0 saturated carbocycles. The molecule has 0 spiro atoms. The summed E-state index contributed by atoms with van der Waals surface area (Å²) in [7, 11) is 0. The van der Waals surface area contributed by atoms with Crippen LogP contribution in [0.2, 0.25) is 0 Å². The van der Waals surface area contributed by atoms with Gasteiger partial charge in [-0.15, -0.1) is 0 Å². The SMILES string of the molecule is CCCCC(NC(=O)CCCCn1ccccc1=O)C(=O)O. The fourth-order valence-corrected chi connectivity index (χ4v) is 2.15. The third-order valence-electron chi connectivity index (χ3n) is 3.43. The van der Waals surface area contributed by atoms with Crippen LogP contribution in [0, 0.1) is 0 Å². The maximum atomic E-state index is 11.8. The number of carbonyl (C=O) groups excluding carboxylic acids is 1. The number of aliphatic carboxylic acids is 1. The maximum absolute atomic E-state index is 11.8. The van der Waals surface area contributed by atoms with E-state index in [2.05, 4.69) is 5.32 Å². The van der Waals surface area contributed by atoms with Crippen molar-refractivity contribution in [1.29, 1.82) is 0 Å². The van der Waals surface area contributed by atoms with Crippen LogP contribution in [0.4, 0.5) is 0 Å². The van der Waals surface area contributed by atoms with E-state index in [4.69, 9.17) is 5.11 Å². The third kappa shape index (κ3) is 6.56. The molecule has 0 aliphatic carbocycles. The summed E-state index contributed by atoms with van der Waals surface area (Å²) < 4.78 is 1.60. The average Bonchev–Trinajstić information content (AvgIpc) is 2.49. The molecule has 1 atom stereocenters. The quantitative estimate of drug-likeness (QED) is 0.645. The Kier molecular flexibility index (Phi) is 7.96. The lowest BCUT2D eigenvalue weighted by Gasteiger charge is -2.14. The van der Waals surface area contributed by atoms with Crippen LogP contribution in [-0.2, 0) is 16.1 Å². The van der Waals surface area contributed by atoms with Crippen LogP contribution in [0.1, 0.15) is 45.4 Å². The molecule has 122 valence electrons. The topological polar surface area (TPSA) is 88.4 Å². The first-order valence-electron chi connectivity index (χ1n) is 7.72. The summed E-state index contributed by atoms with van der Waals surface area (Å²) in [4.78, 5) is 34.3. The third-order valence-corrected chi connectivity index (χ3v) is 3.43. The minimum atomic E-state index is -0.988. The molecule has 6 heteroatoms. The molecular formula is C16H24N2O4. The van der Waals surface area contributed by atoms with E-state index >= 15 is 0 Å². The predicted octanol–water partition coefficient (Wildman–Crippen LogP) is 1.78. The molecule has 2 N–H and O–H groups in total. The molecule has 0 aromatic carbocycles. The van der Waals surface area contributed by atoms with Gasteiger partial charge in [-0.1, -0.05) is 25.8 Å². The minimum Gasteiger partial charge on any atom is -0.480 e. The second-order valence-corrected chi connectivity index (χ2v) is 5.29. The molecule has 0 fully saturated rings. The van der Waals surface area contributed by atoms with E-state index in [1.807, 2.05) is 6.92 Å². The Morgan fingerprint density at radius 1 is 1.27 bits per heavy atom. The second-order valence-electron chi connectivity index (χ2n) is 5.29. The van der Waals surface area contributed by atoms with Crippen molar-refractivity contribution in [3.63, 3.8) is 0 Å². The van der Waals surface area contributed by atoms with Crippen LogP contribution in [0.25, 0.3) is 0 Å². The zero-order valence-corrected chi connectivity index (χ0v) is 13.0. The zero-order chi connectivity index (χ0) is 16.4. The number of nitrogens with zero attached hydrogens (tertiary/aromatic N) is 1. The smallest absolute Gasteiger partial charge is 0.326 e. The lowest BCUT2D eigenvalue weighted by Crippen LogP contribution is -2.40. The average molecular weight is 308 g/mol. The van der Waals surface area contributed by atoms with Gasteiger partial charge in [-0.05, 0) is 25.3 Å². The maximum Gasteiger partial charge on any atom is 0.326 e. The van der Waals surface area contributed by atoms with Gasteiger partial charge in [0.2, 0.25) is 11.5 Å². The van der Waals surface area contributed by atoms with Crippen molar-refractivity contribution in [2.75, 3.05) is 0 Å². The van der Waals surface area contributed by atoms with Crippen LogP contribution in [0.15, 0.2) is 29.2 Å². The Hall–Kier alpha value is -2.11. The number of rotatable bonds is 10. The highest BCUT2D eigenvalue weighted by Crippen LogP contribution is 2.03. The Bertz CT molecular complexity index is 539. The van der Waals surface area contributed by atoms with Crippen LogP contribution in [0.3, 0.4) is 0 Å². The molecule has 0 bridgehead atoms. The first-order chi connectivity index (χ1) is 10.5. The van der Waals surface area contributed by atoms with E-state index in [-0.39, 0.29) is 17.9 Å². The van der Waals surface area contributed by atoms with E-state index in [1.165, 1.54) is 6.07 Å². The van der Waals surface area contributed by atoms with Crippen molar-refractivity contribution >= 4 is 11.9 Å². The van der Waals surface area contributed by atoms with Gasteiger partial charge in [0.05, 0.1) is 0 Å². The van der Waals surface area contributed by atoms with E-state index < -0.39 is 12.0 Å². The molecule has 0 aliphatic heterocycles. The van der Waals surface area contributed by atoms with Gasteiger partial charge in [0.25, 0.3) is 0 Å². The van der Waals surface area contributed by atoms with E-state index in [9.17, 15) is 14.4 Å². The summed E-state index contributed by atoms with van der Waals surface area (Å²) in [5.74, 6) is -1.23. The zero-order valence-electron chi connectivity index (χ0n) is 13.0. The fraction of sp³-hybridized carbons (Fsp3) is 0.562. The van der Waals surface area contributed by atoms with Gasteiger partial charge in [0, 0.05) is 25.2 Å². The normalized spacial score (nSPS) is 11.9.